The molecule has 0 saturated heterocycles. The van der Waals surface area contributed by atoms with E-state index >= 15 is 0 Å². The van der Waals surface area contributed by atoms with Crippen LogP contribution in [-0.4, -0.2) is 43.8 Å². The summed E-state index contributed by atoms with van der Waals surface area (Å²) in [6.45, 7) is 2.97. The molecule has 0 aliphatic rings. The van der Waals surface area contributed by atoms with Gasteiger partial charge < -0.3 is 10.2 Å². The SMILES string of the molecule is CC[C@H](C)NC(=O)[C@@H](Cc1ccccc1)N(Cc1ccccc1F)C(=O)CN(c1ccc(I)cc1)S(=O)(=O)c1ccccc1. The molecule has 2 atom stereocenters. The fourth-order valence-corrected chi connectivity index (χ4v) is 6.46. The van der Waals surface area contributed by atoms with Crippen molar-refractivity contribution in [2.75, 3.05) is 10.8 Å². The van der Waals surface area contributed by atoms with Crippen LogP contribution in [0.1, 0.15) is 31.4 Å². The van der Waals surface area contributed by atoms with Crippen LogP contribution in [0.5, 0.6) is 0 Å². The van der Waals surface area contributed by atoms with Crippen molar-refractivity contribution < 1.29 is 22.4 Å². The summed E-state index contributed by atoms with van der Waals surface area (Å²) in [7, 11) is -4.20. The number of nitrogens with zero attached hydrogens (tertiary/aromatic N) is 2. The predicted molar refractivity (Wildman–Crippen MR) is 179 cm³/mol. The lowest BCUT2D eigenvalue weighted by Gasteiger charge is -2.34. The second-order valence-electron chi connectivity index (χ2n) is 10.4. The van der Waals surface area contributed by atoms with Gasteiger partial charge in [0, 0.05) is 28.1 Å². The van der Waals surface area contributed by atoms with Gasteiger partial charge in [-0.1, -0.05) is 73.7 Å². The molecule has 0 heterocycles. The average Bonchev–Trinajstić information content (AvgIpc) is 3.03. The zero-order valence-electron chi connectivity index (χ0n) is 24.6. The zero-order valence-corrected chi connectivity index (χ0v) is 27.5. The lowest BCUT2D eigenvalue weighted by Crippen LogP contribution is -2.54. The molecule has 0 aromatic heterocycles. The van der Waals surface area contributed by atoms with Crippen molar-refractivity contribution in [3.63, 3.8) is 0 Å². The van der Waals surface area contributed by atoms with Gasteiger partial charge in [0.2, 0.25) is 11.8 Å². The highest BCUT2D eigenvalue weighted by Gasteiger charge is 2.35. The summed E-state index contributed by atoms with van der Waals surface area (Å²) in [6.07, 6.45) is 0.819. The smallest absolute Gasteiger partial charge is 0.264 e. The first-order valence-electron chi connectivity index (χ1n) is 14.3. The van der Waals surface area contributed by atoms with Crippen LogP contribution in [0, 0.1) is 9.39 Å². The highest BCUT2D eigenvalue weighted by molar-refractivity contribution is 14.1. The second-order valence-corrected chi connectivity index (χ2v) is 13.5. The number of amides is 2. The number of sulfonamides is 1. The van der Waals surface area contributed by atoms with Crippen LogP contribution in [0.15, 0.2) is 114 Å². The lowest BCUT2D eigenvalue weighted by atomic mass is 10.0. The van der Waals surface area contributed by atoms with Crippen molar-refractivity contribution in [2.24, 2.45) is 0 Å². The molecule has 4 rings (SSSR count). The van der Waals surface area contributed by atoms with E-state index in [1.807, 2.05) is 44.2 Å². The molecule has 0 unspecified atom stereocenters. The monoisotopic (exact) mass is 727 g/mol. The third-order valence-electron chi connectivity index (χ3n) is 7.30. The molecule has 0 aliphatic carbocycles. The summed E-state index contributed by atoms with van der Waals surface area (Å²) in [5.41, 5.74) is 1.30. The van der Waals surface area contributed by atoms with E-state index in [4.69, 9.17) is 0 Å². The van der Waals surface area contributed by atoms with Gasteiger partial charge in [-0.05, 0) is 84.0 Å². The van der Waals surface area contributed by atoms with Crippen LogP contribution in [-0.2, 0) is 32.6 Å². The van der Waals surface area contributed by atoms with Crippen molar-refractivity contribution in [3.8, 4) is 0 Å². The Bertz CT molecular complexity index is 1660. The highest BCUT2D eigenvalue weighted by Crippen LogP contribution is 2.26. The molecule has 44 heavy (non-hydrogen) atoms. The van der Waals surface area contributed by atoms with Gasteiger partial charge in [-0.25, -0.2) is 12.8 Å². The van der Waals surface area contributed by atoms with E-state index in [9.17, 15) is 22.4 Å². The molecule has 7 nitrogen and oxygen atoms in total. The minimum absolute atomic E-state index is 0.0161. The van der Waals surface area contributed by atoms with E-state index in [-0.39, 0.29) is 35.2 Å². The number of halogens is 2. The Balaban J connectivity index is 1.80. The third-order valence-corrected chi connectivity index (χ3v) is 9.80. The van der Waals surface area contributed by atoms with E-state index in [1.54, 1.807) is 60.7 Å². The van der Waals surface area contributed by atoms with Crippen molar-refractivity contribution in [2.45, 2.75) is 50.2 Å². The molecule has 1 N–H and O–H groups in total. The van der Waals surface area contributed by atoms with Crippen LogP contribution in [0.3, 0.4) is 0 Å². The van der Waals surface area contributed by atoms with Crippen LogP contribution < -0.4 is 9.62 Å². The Kier molecular flexibility index (Phi) is 11.5. The van der Waals surface area contributed by atoms with Gasteiger partial charge in [-0.3, -0.25) is 13.9 Å². The Morgan fingerprint density at radius 3 is 2.07 bits per heavy atom. The van der Waals surface area contributed by atoms with Gasteiger partial charge in [0.05, 0.1) is 10.6 Å². The third kappa shape index (κ3) is 8.44. The maximum absolute atomic E-state index is 15.0. The maximum atomic E-state index is 15.0. The van der Waals surface area contributed by atoms with Gasteiger partial charge in [0.15, 0.2) is 0 Å². The molecule has 0 aliphatic heterocycles. The Morgan fingerprint density at radius 2 is 1.45 bits per heavy atom. The first-order chi connectivity index (χ1) is 21.1. The number of hydrogen-bond donors (Lipinski definition) is 1. The fraction of sp³-hybridized carbons (Fsp3) is 0.235. The molecule has 0 radical (unpaired) electrons. The van der Waals surface area contributed by atoms with E-state index in [0.29, 0.717) is 6.42 Å². The predicted octanol–water partition coefficient (Wildman–Crippen LogP) is 6.18. The standard InChI is InChI=1S/C34H35FIN3O4S/c1-3-25(2)37-34(41)32(22-26-12-6-4-7-13-26)38(23-27-14-10-11-17-31(27)35)33(40)24-39(29-20-18-28(36)19-21-29)44(42,43)30-15-8-5-9-16-30/h4-21,25,32H,3,22-24H2,1-2H3,(H,37,41)/t25-,32+/m0/s1. The summed E-state index contributed by atoms with van der Waals surface area (Å²) >= 11 is 2.12. The molecule has 230 valence electrons. The van der Waals surface area contributed by atoms with E-state index < -0.39 is 40.2 Å². The first kappa shape index (κ1) is 33.1. The molecule has 4 aromatic rings. The van der Waals surface area contributed by atoms with Crippen molar-refractivity contribution >= 4 is 50.1 Å². The topological polar surface area (TPSA) is 86.8 Å². The average molecular weight is 728 g/mol. The van der Waals surface area contributed by atoms with Gasteiger partial charge >= 0.3 is 0 Å². The van der Waals surface area contributed by atoms with Crippen molar-refractivity contribution in [1.82, 2.24) is 10.2 Å². The number of carbonyl (C=O) groups is 2. The number of rotatable bonds is 13. The lowest BCUT2D eigenvalue weighted by molar-refractivity contribution is -0.140. The van der Waals surface area contributed by atoms with E-state index in [1.165, 1.54) is 23.1 Å². The molecule has 10 heteroatoms. The van der Waals surface area contributed by atoms with Gasteiger partial charge in [-0.15, -0.1) is 0 Å². The minimum atomic E-state index is -4.20. The van der Waals surface area contributed by atoms with Crippen LogP contribution in [0.25, 0.3) is 0 Å². The minimum Gasteiger partial charge on any atom is -0.352 e. The van der Waals surface area contributed by atoms with Crippen molar-refractivity contribution in [1.29, 1.82) is 0 Å². The molecule has 0 bridgehead atoms. The summed E-state index contributed by atoms with van der Waals surface area (Å²) in [5.74, 6) is -1.58. The number of nitrogens with one attached hydrogen (secondary N) is 1. The van der Waals surface area contributed by atoms with Crippen LogP contribution in [0.2, 0.25) is 0 Å². The van der Waals surface area contributed by atoms with E-state index in [0.717, 1.165) is 13.4 Å². The Morgan fingerprint density at radius 1 is 0.864 bits per heavy atom. The van der Waals surface area contributed by atoms with Gasteiger partial charge in [0.1, 0.15) is 18.4 Å². The number of benzene rings is 4. The van der Waals surface area contributed by atoms with Gasteiger partial charge in [0.25, 0.3) is 10.0 Å². The second kappa shape index (κ2) is 15.3. The molecular weight excluding hydrogens is 692 g/mol. The summed E-state index contributed by atoms with van der Waals surface area (Å²) < 4.78 is 44.9. The quantitative estimate of drug-likeness (QED) is 0.167. The largest absolute Gasteiger partial charge is 0.352 e. The normalized spacial score (nSPS) is 12.6. The summed E-state index contributed by atoms with van der Waals surface area (Å²) in [5, 5.41) is 2.97. The maximum Gasteiger partial charge on any atom is 0.264 e. The molecular formula is C34H35FIN3O4S. The molecule has 0 spiro atoms. The molecule has 4 aromatic carbocycles. The fourth-order valence-electron chi connectivity index (χ4n) is 4.66. The summed E-state index contributed by atoms with van der Waals surface area (Å²) in [4.78, 5) is 29.5. The Labute approximate surface area is 272 Å². The number of anilines is 1. The molecule has 2 amide bonds. The van der Waals surface area contributed by atoms with Gasteiger partial charge in [-0.2, -0.15) is 0 Å². The molecule has 0 saturated carbocycles. The Hall–Kier alpha value is -3.77. The van der Waals surface area contributed by atoms with Crippen LogP contribution in [0.4, 0.5) is 10.1 Å². The van der Waals surface area contributed by atoms with E-state index in [2.05, 4.69) is 27.9 Å². The highest BCUT2D eigenvalue weighted by atomic mass is 127. The first-order valence-corrected chi connectivity index (χ1v) is 16.8. The van der Waals surface area contributed by atoms with Crippen molar-refractivity contribution in [3.05, 3.63) is 130 Å². The van der Waals surface area contributed by atoms with Crippen LogP contribution >= 0.6 is 22.6 Å². The zero-order chi connectivity index (χ0) is 31.7. The number of carbonyl (C=O) groups excluding carboxylic acids is 2. The summed E-state index contributed by atoms with van der Waals surface area (Å²) in [6, 6.07) is 28.7. The number of hydrogen-bond acceptors (Lipinski definition) is 4. The molecule has 0 fully saturated rings.